The Morgan fingerprint density at radius 1 is 1.30 bits per heavy atom. The first-order valence-electron chi connectivity index (χ1n) is 2.55. The van der Waals surface area contributed by atoms with Crippen LogP contribution in [-0.2, 0) is 0 Å². The van der Waals surface area contributed by atoms with Gasteiger partial charge in [-0.3, -0.25) is 0 Å². The minimum absolute atomic E-state index is 0.0469. The molecule has 1 aromatic carbocycles. The first-order chi connectivity index (χ1) is 4.63. The molecule has 54 valence electrons. The number of phenols is 1. The van der Waals surface area contributed by atoms with Crippen molar-refractivity contribution in [2.75, 3.05) is 5.73 Å². The van der Waals surface area contributed by atoms with E-state index in [9.17, 15) is 0 Å². The molecule has 10 heavy (non-hydrogen) atoms. The Morgan fingerprint density at radius 3 is 2.40 bits per heavy atom. The summed E-state index contributed by atoms with van der Waals surface area (Å²) in [4.78, 5) is 0. The Bertz CT molecular complexity index is 235. The van der Waals surface area contributed by atoms with Crippen molar-refractivity contribution in [2.24, 2.45) is 0 Å². The van der Waals surface area contributed by atoms with E-state index in [1.54, 1.807) is 0 Å². The third-order valence-corrected chi connectivity index (χ3v) is 1.93. The number of rotatable bonds is 0. The highest BCUT2D eigenvalue weighted by Crippen LogP contribution is 2.33. The van der Waals surface area contributed by atoms with E-state index in [1.165, 1.54) is 12.1 Å². The minimum Gasteiger partial charge on any atom is -0.506 e. The maximum atomic E-state index is 8.96. The summed E-state index contributed by atoms with van der Waals surface area (Å²) in [6, 6.07) is 2.87. The van der Waals surface area contributed by atoms with Gasteiger partial charge in [-0.1, -0.05) is 23.2 Å². The number of phenolic OH excluding ortho intramolecular Hbond substituents is 1. The van der Waals surface area contributed by atoms with Gasteiger partial charge in [0.25, 0.3) is 0 Å². The normalized spacial score (nSPS) is 9.80. The number of aromatic hydroxyl groups is 1. The number of anilines is 1. The molecule has 0 aliphatic heterocycles. The summed E-state index contributed by atoms with van der Waals surface area (Å²) in [5.41, 5.74) is 5.44. The van der Waals surface area contributed by atoms with E-state index in [4.69, 9.17) is 34.0 Å². The molecule has 0 unspecified atom stereocenters. The van der Waals surface area contributed by atoms with Crippen molar-refractivity contribution < 1.29 is 5.11 Å². The molecule has 0 saturated heterocycles. The second-order valence-corrected chi connectivity index (χ2v) is 2.58. The number of nitrogen functional groups attached to an aromatic ring is 1. The van der Waals surface area contributed by atoms with Crippen molar-refractivity contribution in [3.63, 3.8) is 0 Å². The maximum Gasteiger partial charge on any atom is 0.140 e. The molecule has 0 spiro atoms. The van der Waals surface area contributed by atoms with Gasteiger partial charge in [0.15, 0.2) is 0 Å². The standard InChI is InChI=1S/C6H5Cl2NO/c7-3-1-2-4(10)6(9)5(3)8/h1-2,10H,9H2. The van der Waals surface area contributed by atoms with Crippen LogP contribution in [0, 0.1) is 0 Å². The van der Waals surface area contributed by atoms with Crippen molar-refractivity contribution in [2.45, 2.75) is 0 Å². The lowest BCUT2D eigenvalue weighted by Crippen LogP contribution is -1.86. The van der Waals surface area contributed by atoms with Crippen molar-refractivity contribution >= 4 is 28.9 Å². The fourth-order valence-electron chi connectivity index (χ4n) is 0.556. The minimum atomic E-state index is -0.0469. The van der Waals surface area contributed by atoms with Crippen LogP contribution in [0.5, 0.6) is 5.75 Å². The zero-order valence-electron chi connectivity index (χ0n) is 4.94. The molecule has 0 radical (unpaired) electrons. The van der Waals surface area contributed by atoms with E-state index < -0.39 is 0 Å². The topological polar surface area (TPSA) is 46.2 Å². The quantitative estimate of drug-likeness (QED) is 0.472. The fourth-order valence-corrected chi connectivity index (χ4v) is 0.881. The van der Waals surface area contributed by atoms with Crippen LogP contribution in [-0.4, -0.2) is 5.11 Å². The van der Waals surface area contributed by atoms with Gasteiger partial charge >= 0.3 is 0 Å². The van der Waals surface area contributed by atoms with E-state index in [2.05, 4.69) is 0 Å². The van der Waals surface area contributed by atoms with Gasteiger partial charge < -0.3 is 10.8 Å². The fraction of sp³-hybridized carbons (Fsp3) is 0. The van der Waals surface area contributed by atoms with Crippen LogP contribution in [0.25, 0.3) is 0 Å². The highest BCUT2D eigenvalue weighted by molar-refractivity contribution is 6.43. The monoisotopic (exact) mass is 177 g/mol. The van der Waals surface area contributed by atoms with Crippen LogP contribution in [0.4, 0.5) is 5.69 Å². The van der Waals surface area contributed by atoms with Crippen LogP contribution < -0.4 is 5.73 Å². The van der Waals surface area contributed by atoms with Gasteiger partial charge in [0.2, 0.25) is 0 Å². The molecule has 0 aliphatic rings. The summed E-state index contributed by atoms with van der Waals surface area (Å²) in [6.07, 6.45) is 0. The second-order valence-electron chi connectivity index (χ2n) is 1.79. The van der Waals surface area contributed by atoms with Crippen molar-refractivity contribution in [3.05, 3.63) is 22.2 Å². The molecule has 2 nitrogen and oxygen atoms in total. The Kier molecular flexibility index (Phi) is 1.92. The summed E-state index contributed by atoms with van der Waals surface area (Å²) >= 11 is 11.1. The van der Waals surface area contributed by atoms with Gasteiger partial charge in [0, 0.05) is 0 Å². The third kappa shape index (κ3) is 1.13. The van der Waals surface area contributed by atoms with Crippen LogP contribution in [0.2, 0.25) is 10.0 Å². The van der Waals surface area contributed by atoms with E-state index in [0.29, 0.717) is 5.02 Å². The molecule has 1 aromatic rings. The van der Waals surface area contributed by atoms with Crippen molar-refractivity contribution in [3.8, 4) is 5.75 Å². The summed E-state index contributed by atoms with van der Waals surface area (Å²) < 4.78 is 0. The number of hydrogen-bond donors (Lipinski definition) is 2. The Hall–Kier alpha value is -0.600. The van der Waals surface area contributed by atoms with Gasteiger partial charge in [0.1, 0.15) is 5.75 Å². The maximum absolute atomic E-state index is 8.96. The van der Waals surface area contributed by atoms with Gasteiger partial charge in [0.05, 0.1) is 15.7 Å². The molecule has 0 fully saturated rings. The first-order valence-corrected chi connectivity index (χ1v) is 3.31. The molecule has 0 bridgehead atoms. The van der Waals surface area contributed by atoms with Crippen LogP contribution in [0.1, 0.15) is 0 Å². The lowest BCUT2D eigenvalue weighted by Gasteiger charge is -2.01. The average molecular weight is 178 g/mol. The third-order valence-electron chi connectivity index (χ3n) is 1.11. The van der Waals surface area contributed by atoms with Crippen molar-refractivity contribution in [1.29, 1.82) is 0 Å². The predicted molar refractivity (Wildman–Crippen MR) is 42.5 cm³/mol. The second kappa shape index (κ2) is 2.56. The molecule has 0 heterocycles. The van der Waals surface area contributed by atoms with E-state index in [1.807, 2.05) is 0 Å². The predicted octanol–water partition coefficient (Wildman–Crippen LogP) is 2.28. The Balaban J connectivity index is 3.34. The largest absolute Gasteiger partial charge is 0.506 e. The van der Waals surface area contributed by atoms with E-state index in [0.717, 1.165) is 0 Å². The number of benzene rings is 1. The molecular formula is C6H5Cl2NO. The van der Waals surface area contributed by atoms with Crippen LogP contribution in [0.15, 0.2) is 12.1 Å². The molecule has 1 rings (SSSR count). The number of hydrogen-bond acceptors (Lipinski definition) is 2. The van der Waals surface area contributed by atoms with Gasteiger partial charge in [-0.2, -0.15) is 0 Å². The molecule has 0 atom stereocenters. The molecule has 0 aliphatic carbocycles. The zero-order valence-corrected chi connectivity index (χ0v) is 6.45. The molecule has 0 aromatic heterocycles. The zero-order chi connectivity index (χ0) is 7.72. The summed E-state index contributed by atoms with van der Waals surface area (Å²) in [5, 5.41) is 9.50. The average Bonchev–Trinajstić information content (AvgIpc) is 1.93. The SMILES string of the molecule is Nc1c(O)ccc(Cl)c1Cl. The summed E-state index contributed by atoms with van der Waals surface area (Å²) in [5.74, 6) is -0.0469. The van der Waals surface area contributed by atoms with Gasteiger partial charge in [-0.05, 0) is 12.1 Å². The highest BCUT2D eigenvalue weighted by Gasteiger charge is 2.04. The van der Waals surface area contributed by atoms with E-state index in [-0.39, 0.29) is 16.5 Å². The van der Waals surface area contributed by atoms with Crippen molar-refractivity contribution in [1.82, 2.24) is 0 Å². The molecule has 3 N–H and O–H groups in total. The van der Waals surface area contributed by atoms with Gasteiger partial charge in [-0.25, -0.2) is 0 Å². The molecule has 0 amide bonds. The lowest BCUT2D eigenvalue weighted by atomic mass is 10.3. The number of nitrogens with two attached hydrogens (primary N) is 1. The molecule has 4 heteroatoms. The molecular weight excluding hydrogens is 173 g/mol. The smallest absolute Gasteiger partial charge is 0.140 e. The van der Waals surface area contributed by atoms with Crippen LogP contribution >= 0.6 is 23.2 Å². The van der Waals surface area contributed by atoms with E-state index >= 15 is 0 Å². The summed E-state index contributed by atoms with van der Waals surface area (Å²) in [7, 11) is 0. The lowest BCUT2D eigenvalue weighted by molar-refractivity contribution is 0.478. The number of halogens is 2. The Labute approximate surface area is 68.2 Å². The first kappa shape index (κ1) is 7.51. The highest BCUT2D eigenvalue weighted by atomic mass is 35.5. The molecule has 0 saturated carbocycles. The van der Waals surface area contributed by atoms with Gasteiger partial charge in [-0.15, -0.1) is 0 Å². The summed E-state index contributed by atoms with van der Waals surface area (Å²) in [6.45, 7) is 0. The van der Waals surface area contributed by atoms with Crippen LogP contribution in [0.3, 0.4) is 0 Å². The Morgan fingerprint density at radius 2 is 1.90 bits per heavy atom.